The molecule has 0 saturated carbocycles. The number of amides is 2. The van der Waals surface area contributed by atoms with E-state index >= 15 is 0 Å². The first-order chi connectivity index (χ1) is 11.9. The normalized spacial score (nSPS) is 17.4. The van der Waals surface area contributed by atoms with Gasteiger partial charge >= 0.3 is 0 Å². The minimum atomic E-state index is -0.333. The minimum Gasteiger partial charge on any atom is -0.351 e. The Morgan fingerprint density at radius 3 is 2.68 bits per heavy atom. The lowest BCUT2D eigenvalue weighted by Crippen LogP contribution is -2.30. The fourth-order valence-electron chi connectivity index (χ4n) is 3.06. The van der Waals surface area contributed by atoms with Crippen molar-refractivity contribution in [1.82, 2.24) is 5.16 Å². The van der Waals surface area contributed by atoms with E-state index in [4.69, 9.17) is 4.52 Å². The Bertz CT molecular complexity index is 764. The van der Waals surface area contributed by atoms with Gasteiger partial charge in [0, 0.05) is 29.9 Å². The van der Waals surface area contributed by atoms with E-state index in [1.807, 2.05) is 19.1 Å². The van der Waals surface area contributed by atoms with Crippen LogP contribution in [0.3, 0.4) is 0 Å². The van der Waals surface area contributed by atoms with Gasteiger partial charge in [0.05, 0.1) is 5.69 Å². The molecule has 2 amide bonds. The number of carbonyl (C=O) groups excluding carboxylic acids is 2. The van der Waals surface area contributed by atoms with Gasteiger partial charge in [-0.3, -0.25) is 9.59 Å². The summed E-state index contributed by atoms with van der Waals surface area (Å²) in [7, 11) is 0. The molecule has 1 fully saturated rings. The highest BCUT2D eigenvalue weighted by atomic mass is 16.5. The van der Waals surface area contributed by atoms with Crippen molar-refractivity contribution < 1.29 is 14.1 Å². The van der Waals surface area contributed by atoms with Crippen LogP contribution >= 0.6 is 0 Å². The summed E-state index contributed by atoms with van der Waals surface area (Å²) >= 11 is 0. The number of benzene rings is 1. The highest BCUT2D eigenvalue weighted by molar-refractivity contribution is 6.02. The second kappa shape index (κ2) is 7.09. The quantitative estimate of drug-likeness (QED) is 0.901. The number of hydrogen-bond donors (Lipinski definition) is 1. The third-order valence-corrected chi connectivity index (χ3v) is 4.29. The zero-order valence-corrected chi connectivity index (χ0v) is 14.8. The van der Waals surface area contributed by atoms with E-state index in [1.54, 1.807) is 23.1 Å². The fourth-order valence-corrected chi connectivity index (χ4v) is 3.06. The molecule has 1 N–H and O–H groups in total. The highest BCUT2D eigenvalue weighted by Gasteiger charge is 2.28. The smallest absolute Gasteiger partial charge is 0.294 e. The number of rotatable bonds is 5. The number of nitrogens with zero attached hydrogens (tertiary/aromatic N) is 2. The van der Waals surface area contributed by atoms with Crippen molar-refractivity contribution in [3.8, 4) is 0 Å². The summed E-state index contributed by atoms with van der Waals surface area (Å²) < 4.78 is 5.12. The minimum absolute atomic E-state index is 0.142. The van der Waals surface area contributed by atoms with Crippen LogP contribution in [0.4, 0.5) is 11.4 Å². The van der Waals surface area contributed by atoms with E-state index in [0.717, 1.165) is 24.2 Å². The molecule has 25 heavy (non-hydrogen) atoms. The van der Waals surface area contributed by atoms with Gasteiger partial charge in [0.15, 0.2) is 0 Å². The van der Waals surface area contributed by atoms with Crippen LogP contribution in [0.1, 0.15) is 49.9 Å². The molecule has 0 bridgehead atoms. The fraction of sp³-hybridized carbons (Fsp3) is 0.421. The van der Waals surface area contributed by atoms with Crippen molar-refractivity contribution >= 4 is 23.2 Å². The average Bonchev–Trinajstić information content (AvgIpc) is 3.15. The van der Waals surface area contributed by atoms with Crippen LogP contribution < -0.4 is 10.2 Å². The third-order valence-electron chi connectivity index (χ3n) is 4.29. The Kier molecular flexibility index (Phi) is 4.88. The van der Waals surface area contributed by atoms with Gasteiger partial charge in [0.1, 0.15) is 0 Å². The number of carbonyl (C=O) groups is 2. The lowest BCUT2D eigenvalue weighted by Gasteiger charge is -2.21. The summed E-state index contributed by atoms with van der Waals surface area (Å²) in [6.07, 6.45) is 2.24. The van der Waals surface area contributed by atoms with Crippen molar-refractivity contribution in [1.29, 1.82) is 0 Å². The zero-order valence-electron chi connectivity index (χ0n) is 14.8. The Morgan fingerprint density at radius 1 is 1.36 bits per heavy atom. The number of hydrogen-bond acceptors (Lipinski definition) is 4. The monoisotopic (exact) mass is 341 g/mol. The number of nitrogens with one attached hydrogen (secondary N) is 1. The molecular weight excluding hydrogens is 318 g/mol. The van der Waals surface area contributed by atoms with E-state index in [-0.39, 0.29) is 23.6 Å². The predicted octanol–water partition coefficient (Wildman–Crippen LogP) is 3.64. The molecule has 1 aromatic heterocycles. The Labute approximate surface area is 147 Å². The molecule has 1 aromatic carbocycles. The van der Waals surface area contributed by atoms with Gasteiger partial charge in [-0.2, -0.15) is 0 Å². The first-order valence-electron chi connectivity index (χ1n) is 8.63. The van der Waals surface area contributed by atoms with Crippen molar-refractivity contribution in [2.75, 3.05) is 10.2 Å². The highest BCUT2D eigenvalue weighted by Crippen LogP contribution is 2.27. The maximum absolute atomic E-state index is 12.2. The largest absolute Gasteiger partial charge is 0.351 e. The van der Waals surface area contributed by atoms with Crippen molar-refractivity contribution in [3.63, 3.8) is 0 Å². The third kappa shape index (κ3) is 3.90. The molecule has 0 spiro atoms. The van der Waals surface area contributed by atoms with Gasteiger partial charge < -0.3 is 14.7 Å². The van der Waals surface area contributed by atoms with Gasteiger partial charge in [-0.1, -0.05) is 19.0 Å². The maximum atomic E-state index is 12.2. The molecule has 1 aliphatic rings. The topological polar surface area (TPSA) is 75.4 Å². The molecule has 6 heteroatoms. The summed E-state index contributed by atoms with van der Waals surface area (Å²) in [4.78, 5) is 26.0. The summed E-state index contributed by atoms with van der Waals surface area (Å²) in [6, 6.07) is 9.16. The predicted molar refractivity (Wildman–Crippen MR) is 95.6 cm³/mol. The van der Waals surface area contributed by atoms with Crippen LogP contribution in [0.25, 0.3) is 0 Å². The Balaban J connectivity index is 1.66. The van der Waals surface area contributed by atoms with Crippen LogP contribution in [-0.2, 0) is 11.2 Å². The van der Waals surface area contributed by atoms with Crippen LogP contribution in [-0.4, -0.2) is 23.0 Å². The van der Waals surface area contributed by atoms with Crippen LogP contribution in [0.5, 0.6) is 0 Å². The molecule has 3 rings (SSSR count). The molecular formula is C19H23N3O3. The molecule has 0 radical (unpaired) electrons. The lowest BCUT2D eigenvalue weighted by atomic mass is 10.1. The summed E-state index contributed by atoms with van der Waals surface area (Å²) in [6.45, 7) is 6.21. The average molecular weight is 341 g/mol. The summed E-state index contributed by atoms with van der Waals surface area (Å²) in [5, 5.41) is 6.71. The van der Waals surface area contributed by atoms with Crippen molar-refractivity contribution in [2.45, 2.75) is 46.1 Å². The molecule has 0 aliphatic carbocycles. The molecule has 1 unspecified atom stereocenters. The van der Waals surface area contributed by atoms with E-state index in [2.05, 4.69) is 24.3 Å². The SMILES string of the molecule is CC(C)Cc1cc(C(=O)Nc2ccc(N3C(=O)CCC3C)cc2)on1. The van der Waals surface area contributed by atoms with E-state index < -0.39 is 0 Å². The van der Waals surface area contributed by atoms with Crippen LogP contribution in [0, 0.1) is 5.92 Å². The lowest BCUT2D eigenvalue weighted by molar-refractivity contribution is -0.117. The number of anilines is 2. The first-order valence-corrected chi connectivity index (χ1v) is 8.63. The molecule has 1 saturated heterocycles. The van der Waals surface area contributed by atoms with Crippen LogP contribution in [0.2, 0.25) is 0 Å². The van der Waals surface area contributed by atoms with Gasteiger partial charge in [0.25, 0.3) is 5.91 Å². The van der Waals surface area contributed by atoms with E-state index in [1.165, 1.54) is 0 Å². The van der Waals surface area contributed by atoms with Crippen LogP contribution in [0.15, 0.2) is 34.9 Å². The number of aromatic nitrogens is 1. The standard InChI is InChI=1S/C19H23N3O3/c1-12(2)10-15-11-17(25-21-15)19(24)20-14-5-7-16(8-6-14)22-13(3)4-9-18(22)23/h5-8,11-13H,4,9-10H2,1-3H3,(H,20,24). The van der Waals surface area contributed by atoms with Gasteiger partial charge in [-0.15, -0.1) is 0 Å². The molecule has 6 nitrogen and oxygen atoms in total. The molecule has 132 valence electrons. The van der Waals surface area contributed by atoms with Gasteiger partial charge in [-0.05, 0) is 49.9 Å². The van der Waals surface area contributed by atoms with Gasteiger partial charge in [0.2, 0.25) is 11.7 Å². The Hall–Kier alpha value is -2.63. The molecule has 2 heterocycles. The van der Waals surface area contributed by atoms with E-state index in [0.29, 0.717) is 18.0 Å². The van der Waals surface area contributed by atoms with E-state index in [9.17, 15) is 9.59 Å². The summed E-state index contributed by atoms with van der Waals surface area (Å²) in [5.74, 6) is 0.455. The van der Waals surface area contributed by atoms with Gasteiger partial charge in [-0.25, -0.2) is 0 Å². The Morgan fingerprint density at radius 2 is 2.08 bits per heavy atom. The molecule has 2 aromatic rings. The molecule has 1 aliphatic heterocycles. The van der Waals surface area contributed by atoms with Crippen molar-refractivity contribution in [2.24, 2.45) is 5.92 Å². The zero-order chi connectivity index (χ0) is 18.0. The maximum Gasteiger partial charge on any atom is 0.294 e. The van der Waals surface area contributed by atoms with Crippen molar-refractivity contribution in [3.05, 3.63) is 41.8 Å². The molecule has 1 atom stereocenters. The second-order valence-corrected chi connectivity index (χ2v) is 6.93. The summed E-state index contributed by atoms with van der Waals surface area (Å²) in [5.41, 5.74) is 2.28. The first kappa shape index (κ1) is 17.2. The second-order valence-electron chi connectivity index (χ2n) is 6.93.